The molecule has 1 atom stereocenters. The zero-order chi connectivity index (χ0) is 10.5. The summed E-state index contributed by atoms with van der Waals surface area (Å²) in [6, 6.07) is 3.86. The van der Waals surface area contributed by atoms with E-state index in [2.05, 4.69) is 22.0 Å². The molecule has 1 aliphatic rings. The van der Waals surface area contributed by atoms with Crippen LogP contribution in [0.4, 0.5) is 0 Å². The lowest BCUT2D eigenvalue weighted by Crippen LogP contribution is -2.18. The summed E-state index contributed by atoms with van der Waals surface area (Å²) in [4.78, 5) is 0. The summed E-state index contributed by atoms with van der Waals surface area (Å²) in [5, 5.41) is 18.9. The predicted molar refractivity (Wildman–Crippen MR) is 55.6 cm³/mol. The Morgan fingerprint density at radius 1 is 1.71 bits per heavy atom. The first-order chi connectivity index (χ1) is 6.47. The third-order valence-electron chi connectivity index (χ3n) is 2.77. The molecule has 2 rings (SSSR count). The Bertz CT molecular complexity index is 428. The van der Waals surface area contributed by atoms with Crippen molar-refractivity contribution in [3.63, 3.8) is 0 Å². The van der Waals surface area contributed by atoms with E-state index < -0.39 is 6.10 Å². The van der Waals surface area contributed by atoms with Crippen molar-refractivity contribution in [2.75, 3.05) is 0 Å². The molecule has 0 fully saturated rings. The molecular formula is C10H11BrN2O. The number of halogens is 1. The van der Waals surface area contributed by atoms with E-state index in [-0.39, 0.29) is 5.41 Å². The lowest BCUT2D eigenvalue weighted by molar-refractivity contribution is 0.0647. The van der Waals surface area contributed by atoms with Crippen molar-refractivity contribution in [2.24, 2.45) is 5.41 Å². The highest BCUT2D eigenvalue weighted by Crippen LogP contribution is 2.45. The van der Waals surface area contributed by atoms with Crippen LogP contribution < -0.4 is 0 Å². The van der Waals surface area contributed by atoms with Crippen molar-refractivity contribution in [2.45, 2.75) is 26.5 Å². The van der Waals surface area contributed by atoms with Gasteiger partial charge in [0.15, 0.2) is 0 Å². The monoisotopic (exact) mass is 254 g/mol. The fourth-order valence-electron chi connectivity index (χ4n) is 1.94. The third kappa shape index (κ3) is 1.13. The molecule has 0 radical (unpaired) electrons. The van der Waals surface area contributed by atoms with Gasteiger partial charge in [0.25, 0.3) is 0 Å². The quantitative estimate of drug-likeness (QED) is 0.772. The van der Waals surface area contributed by atoms with E-state index in [1.807, 2.05) is 18.4 Å². The Labute approximate surface area is 91.1 Å². The Morgan fingerprint density at radius 3 is 2.93 bits per heavy atom. The number of hydrogen-bond donors (Lipinski definition) is 1. The second kappa shape index (κ2) is 2.85. The van der Waals surface area contributed by atoms with Gasteiger partial charge in [-0.05, 0) is 22.0 Å². The molecule has 2 heterocycles. The van der Waals surface area contributed by atoms with Crippen LogP contribution in [0, 0.1) is 16.7 Å². The van der Waals surface area contributed by atoms with Gasteiger partial charge < -0.3 is 9.67 Å². The molecule has 74 valence electrons. The summed E-state index contributed by atoms with van der Waals surface area (Å²) in [6.45, 7) is 4.74. The smallest absolute Gasteiger partial charge is 0.102 e. The first kappa shape index (κ1) is 9.75. The summed E-state index contributed by atoms with van der Waals surface area (Å²) >= 11 is 3.39. The topological polar surface area (TPSA) is 49.0 Å². The van der Waals surface area contributed by atoms with E-state index in [0.29, 0.717) is 5.56 Å². The van der Waals surface area contributed by atoms with E-state index in [9.17, 15) is 5.11 Å². The van der Waals surface area contributed by atoms with Gasteiger partial charge in [0.1, 0.15) is 12.2 Å². The van der Waals surface area contributed by atoms with Crippen LogP contribution in [0.3, 0.4) is 0 Å². The number of nitrogens with zero attached hydrogens (tertiary/aromatic N) is 2. The lowest BCUT2D eigenvalue weighted by atomic mass is 9.87. The number of rotatable bonds is 0. The second-order valence-corrected chi connectivity index (χ2v) is 5.17. The minimum absolute atomic E-state index is 0.190. The first-order valence-corrected chi connectivity index (χ1v) is 5.24. The van der Waals surface area contributed by atoms with Crippen LogP contribution in [0.15, 0.2) is 10.7 Å². The molecular weight excluding hydrogens is 244 g/mol. The number of nitriles is 1. The molecule has 4 heteroatoms. The summed E-state index contributed by atoms with van der Waals surface area (Å²) in [5.41, 5.74) is 1.12. The van der Waals surface area contributed by atoms with Gasteiger partial charge in [0.05, 0.1) is 15.9 Å². The van der Waals surface area contributed by atoms with Gasteiger partial charge in [0.2, 0.25) is 0 Å². The maximum Gasteiger partial charge on any atom is 0.102 e. The largest absolute Gasteiger partial charge is 0.386 e. The highest BCUT2D eigenvalue weighted by Gasteiger charge is 2.40. The fraction of sp³-hybridized carbons (Fsp3) is 0.500. The maximum atomic E-state index is 10.0. The lowest BCUT2D eigenvalue weighted by Gasteiger charge is -2.21. The van der Waals surface area contributed by atoms with Crippen molar-refractivity contribution in [1.29, 1.82) is 5.26 Å². The van der Waals surface area contributed by atoms with E-state index in [4.69, 9.17) is 5.26 Å². The molecule has 1 aliphatic heterocycles. The second-order valence-electron chi connectivity index (χ2n) is 4.36. The van der Waals surface area contributed by atoms with E-state index in [1.165, 1.54) is 0 Å². The molecule has 1 aromatic rings. The Kier molecular flexibility index (Phi) is 1.98. The zero-order valence-electron chi connectivity index (χ0n) is 8.08. The van der Waals surface area contributed by atoms with Gasteiger partial charge in [-0.15, -0.1) is 0 Å². The molecule has 0 saturated carbocycles. The number of fused-ring (bicyclic) bond motifs is 1. The zero-order valence-corrected chi connectivity index (χ0v) is 9.67. The predicted octanol–water partition coefficient (Wildman–Crippen LogP) is 2.20. The Morgan fingerprint density at radius 2 is 2.36 bits per heavy atom. The average Bonchev–Trinajstić information content (AvgIpc) is 2.52. The minimum atomic E-state index is -0.552. The minimum Gasteiger partial charge on any atom is -0.386 e. The number of aliphatic hydroxyl groups excluding tert-OH is 1. The van der Waals surface area contributed by atoms with Crippen LogP contribution in [0.5, 0.6) is 0 Å². The maximum absolute atomic E-state index is 10.0. The number of aromatic nitrogens is 1. The standard InChI is InChI=1S/C10H11BrN2O/c1-10(2)5-13-7(11)3-6(4-12)8(13)9(10)14/h3,9,14H,5H2,1-2H3. The average molecular weight is 255 g/mol. The molecule has 0 amide bonds. The molecule has 1 N–H and O–H groups in total. The van der Waals surface area contributed by atoms with Crippen LogP contribution in [-0.4, -0.2) is 9.67 Å². The van der Waals surface area contributed by atoms with Crippen molar-refractivity contribution in [3.8, 4) is 6.07 Å². The Hall–Kier alpha value is -0.790. The first-order valence-electron chi connectivity index (χ1n) is 4.44. The van der Waals surface area contributed by atoms with Crippen molar-refractivity contribution < 1.29 is 5.11 Å². The molecule has 1 aromatic heterocycles. The molecule has 0 spiro atoms. The van der Waals surface area contributed by atoms with Gasteiger partial charge in [-0.3, -0.25) is 0 Å². The van der Waals surface area contributed by atoms with Crippen LogP contribution in [0.25, 0.3) is 0 Å². The molecule has 0 aliphatic carbocycles. The van der Waals surface area contributed by atoms with Gasteiger partial charge in [-0.1, -0.05) is 13.8 Å². The van der Waals surface area contributed by atoms with E-state index >= 15 is 0 Å². The van der Waals surface area contributed by atoms with Gasteiger partial charge in [-0.25, -0.2) is 0 Å². The van der Waals surface area contributed by atoms with Gasteiger partial charge in [0, 0.05) is 12.0 Å². The Balaban J connectivity index is 2.62. The van der Waals surface area contributed by atoms with Crippen molar-refractivity contribution in [3.05, 3.63) is 21.9 Å². The summed E-state index contributed by atoms with van der Waals surface area (Å²) in [5.74, 6) is 0. The van der Waals surface area contributed by atoms with Gasteiger partial charge >= 0.3 is 0 Å². The van der Waals surface area contributed by atoms with Crippen LogP contribution in [0.2, 0.25) is 0 Å². The van der Waals surface area contributed by atoms with E-state index in [0.717, 1.165) is 16.8 Å². The summed E-state index contributed by atoms with van der Waals surface area (Å²) < 4.78 is 2.83. The highest BCUT2D eigenvalue weighted by atomic mass is 79.9. The van der Waals surface area contributed by atoms with Crippen LogP contribution in [-0.2, 0) is 6.54 Å². The van der Waals surface area contributed by atoms with E-state index in [1.54, 1.807) is 6.07 Å². The van der Waals surface area contributed by atoms with Crippen LogP contribution >= 0.6 is 15.9 Å². The summed E-state index contributed by atoms with van der Waals surface area (Å²) in [6.07, 6.45) is -0.552. The number of hydrogen-bond acceptors (Lipinski definition) is 2. The molecule has 0 bridgehead atoms. The molecule has 0 saturated heterocycles. The third-order valence-corrected chi connectivity index (χ3v) is 3.43. The molecule has 1 unspecified atom stereocenters. The van der Waals surface area contributed by atoms with Crippen molar-refractivity contribution >= 4 is 15.9 Å². The van der Waals surface area contributed by atoms with Crippen molar-refractivity contribution in [1.82, 2.24) is 4.57 Å². The van der Waals surface area contributed by atoms with Crippen LogP contribution in [0.1, 0.15) is 31.2 Å². The highest BCUT2D eigenvalue weighted by molar-refractivity contribution is 9.10. The molecule has 0 aromatic carbocycles. The number of aliphatic hydroxyl groups is 1. The normalized spacial score (nSPS) is 23.2. The van der Waals surface area contributed by atoms with Gasteiger partial charge in [-0.2, -0.15) is 5.26 Å². The fourth-order valence-corrected chi connectivity index (χ4v) is 2.49. The molecule has 3 nitrogen and oxygen atoms in total. The SMILES string of the molecule is CC1(C)Cn2c(Br)cc(C#N)c2C1O. The summed E-state index contributed by atoms with van der Waals surface area (Å²) in [7, 11) is 0. The molecule has 14 heavy (non-hydrogen) atoms.